The summed E-state index contributed by atoms with van der Waals surface area (Å²) in [6.45, 7) is 2.56. The Balaban J connectivity index is 1.22. The molecule has 1 atom stereocenters. The van der Waals surface area contributed by atoms with E-state index in [4.69, 9.17) is 11.6 Å². The van der Waals surface area contributed by atoms with Gasteiger partial charge in [0.1, 0.15) is 4.21 Å². The van der Waals surface area contributed by atoms with Crippen LogP contribution in [0, 0.1) is 0 Å². The number of sulfonamides is 1. The number of benzene rings is 1. The highest BCUT2D eigenvalue weighted by Crippen LogP contribution is 2.41. The maximum atomic E-state index is 13.6. The fourth-order valence-electron chi connectivity index (χ4n) is 5.69. The summed E-state index contributed by atoms with van der Waals surface area (Å²) < 4.78 is 29.5. The van der Waals surface area contributed by atoms with E-state index >= 15 is 0 Å². The number of aromatic nitrogens is 1. The largest absolute Gasteiger partial charge is 0.371 e. The number of carbonyl (C=O) groups is 1. The molecule has 3 aliphatic rings. The van der Waals surface area contributed by atoms with Gasteiger partial charge in [-0.25, -0.2) is 8.42 Å². The van der Waals surface area contributed by atoms with Crippen LogP contribution in [-0.4, -0.2) is 84.9 Å². The monoisotopic (exact) mass is 531 g/mol. The Morgan fingerprint density at radius 2 is 1.86 bits per heavy atom. The number of hydrogen-bond acceptors (Lipinski definition) is 7. The Hall–Kier alpha value is -2.24. The van der Waals surface area contributed by atoms with Crippen molar-refractivity contribution in [3.05, 3.63) is 53.8 Å². The van der Waals surface area contributed by atoms with Gasteiger partial charge in [0.2, 0.25) is 5.91 Å². The number of fused-ring (bicyclic) bond motifs is 2. The fourth-order valence-corrected chi connectivity index (χ4v) is 8.91. The zero-order valence-electron chi connectivity index (χ0n) is 19.3. The second-order valence-electron chi connectivity index (χ2n) is 9.58. The highest BCUT2D eigenvalue weighted by Gasteiger charge is 2.54. The van der Waals surface area contributed by atoms with Crippen molar-refractivity contribution in [2.45, 2.75) is 28.8 Å². The number of halogens is 1. The van der Waals surface area contributed by atoms with E-state index in [1.54, 1.807) is 30.6 Å². The summed E-state index contributed by atoms with van der Waals surface area (Å²) in [6, 6.07) is 11.1. The van der Waals surface area contributed by atoms with E-state index in [0.717, 1.165) is 41.7 Å². The van der Waals surface area contributed by atoms with Crippen LogP contribution in [0.3, 0.4) is 0 Å². The van der Waals surface area contributed by atoms with Gasteiger partial charge in [-0.3, -0.25) is 14.7 Å². The average Bonchev–Trinajstić information content (AvgIpc) is 3.40. The summed E-state index contributed by atoms with van der Waals surface area (Å²) in [4.78, 5) is 23.8. The maximum Gasteiger partial charge on any atom is 0.253 e. The predicted molar refractivity (Wildman–Crippen MR) is 137 cm³/mol. The number of anilines is 1. The summed E-state index contributed by atoms with van der Waals surface area (Å²) in [6.07, 6.45) is 5.18. The topological polar surface area (TPSA) is 77.1 Å². The third-order valence-corrected chi connectivity index (χ3v) is 11.4. The molecule has 3 aliphatic heterocycles. The van der Waals surface area contributed by atoms with Gasteiger partial charge < -0.3 is 9.80 Å². The molecular formula is C24H26ClN5O3S2. The van der Waals surface area contributed by atoms with Crippen molar-refractivity contribution in [2.75, 3.05) is 44.7 Å². The molecular weight excluding hydrogens is 506 g/mol. The van der Waals surface area contributed by atoms with Gasteiger partial charge in [0, 0.05) is 59.5 Å². The summed E-state index contributed by atoms with van der Waals surface area (Å²) in [5.74, 6) is -0.130. The van der Waals surface area contributed by atoms with Crippen LogP contribution in [0.1, 0.15) is 12.8 Å². The molecule has 11 heteroatoms. The normalized spacial score (nSPS) is 23.4. The summed E-state index contributed by atoms with van der Waals surface area (Å²) >= 11 is 7.28. The molecule has 0 aliphatic carbocycles. The molecule has 6 rings (SSSR count). The van der Waals surface area contributed by atoms with Gasteiger partial charge in [-0.1, -0.05) is 17.7 Å². The predicted octanol–water partition coefficient (Wildman–Crippen LogP) is 3.09. The minimum Gasteiger partial charge on any atom is -0.371 e. The average molecular weight is 532 g/mol. The molecule has 2 aromatic heterocycles. The molecule has 1 amide bonds. The van der Waals surface area contributed by atoms with Gasteiger partial charge in [0.25, 0.3) is 10.0 Å². The molecule has 3 saturated heterocycles. The number of piperidine rings is 1. The Bertz CT molecular complexity index is 1390. The van der Waals surface area contributed by atoms with Crippen LogP contribution < -0.4 is 4.90 Å². The third kappa shape index (κ3) is 3.82. The first kappa shape index (κ1) is 23.2. The van der Waals surface area contributed by atoms with Gasteiger partial charge in [0.15, 0.2) is 0 Å². The van der Waals surface area contributed by atoms with Crippen molar-refractivity contribution in [1.82, 2.24) is 19.1 Å². The van der Waals surface area contributed by atoms with Crippen molar-refractivity contribution >= 4 is 54.6 Å². The smallest absolute Gasteiger partial charge is 0.253 e. The second kappa shape index (κ2) is 8.41. The van der Waals surface area contributed by atoms with Crippen LogP contribution in [0.2, 0.25) is 5.02 Å². The lowest BCUT2D eigenvalue weighted by atomic mass is 9.86. The highest BCUT2D eigenvalue weighted by atomic mass is 35.5. The fraction of sp³-hybridized carbons (Fsp3) is 0.417. The van der Waals surface area contributed by atoms with E-state index in [1.807, 2.05) is 30.1 Å². The van der Waals surface area contributed by atoms with E-state index in [1.165, 1.54) is 15.6 Å². The van der Waals surface area contributed by atoms with Crippen molar-refractivity contribution in [3.63, 3.8) is 0 Å². The standard InChI is InChI=1S/C24H26ClN5O3S2/c1-27-21-14-29(35(32,33)23-12-17-2-3-18(25)13-20(17)34-23)15-22(31)30(21)16-24(27)6-10-28(11-7-24)19-4-8-26-9-5-19/h2-5,8-9,12-13,21H,6-7,10-11,14-16H2,1H3. The van der Waals surface area contributed by atoms with Crippen LogP contribution in [0.25, 0.3) is 10.1 Å². The number of hydrogen-bond donors (Lipinski definition) is 0. The van der Waals surface area contributed by atoms with Crippen molar-refractivity contribution in [1.29, 1.82) is 0 Å². The van der Waals surface area contributed by atoms with Gasteiger partial charge in [-0.05, 0) is 55.6 Å². The first-order valence-electron chi connectivity index (χ1n) is 11.6. The number of amides is 1. The number of rotatable bonds is 3. The van der Waals surface area contributed by atoms with E-state index in [2.05, 4.69) is 14.8 Å². The Kier molecular flexibility index (Phi) is 5.57. The SMILES string of the molecule is CN1C2CN(S(=O)(=O)c3cc4ccc(Cl)cc4s3)CC(=O)N2CC12CCN(c1ccncc1)CC2. The highest BCUT2D eigenvalue weighted by molar-refractivity contribution is 7.91. The van der Waals surface area contributed by atoms with E-state index < -0.39 is 10.0 Å². The minimum absolute atomic E-state index is 0.124. The molecule has 1 spiro atoms. The number of thiophene rings is 1. The van der Waals surface area contributed by atoms with E-state index in [9.17, 15) is 13.2 Å². The lowest BCUT2D eigenvalue weighted by Crippen LogP contribution is -2.59. The molecule has 0 saturated carbocycles. The first-order valence-corrected chi connectivity index (χ1v) is 14.3. The third-order valence-electron chi connectivity index (χ3n) is 7.79. The molecule has 1 aromatic carbocycles. The zero-order chi connectivity index (χ0) is 24.4. The van der Waals surface area contributed by atoms with Crippen LogP contribution in [0.5, 0.6) is 0 Å². The Morgan fingerprint density at radius 3 is 2.60 bits per heavy atom. The molecule has 3 aromatic rings. The van der Waals surface area contributed by atoms with Crippen LogP contribution in [-0.2, 0) is 14.8 Å². The maximum absolute atomic E-state index is 13.6. The molecule has 0 radical (unpaired) electrons. The van der Waals surface area contributed by atoms with Crippen molar-refractivity contribution in [3.8, 4) is 0 Å². The summed E-state index contributed by atoms with van der Waals surface area (Å²) in [7, 11) is -1.76. The van der Waals surface area contributed by atoms with Gasteiger partial charge in [-0.15, -0.1) is 11.3 Å². The lowest BCUT2D eigenvalue weighted by molar-refractivity contribution is -0.137. The summed E-state index contributed by atoms with van der Waals surface area (Å²) in [5.41, 5.74) is 1.02. The molecule has 3 fully saturated rings. The van der Waals surface area contributed by atoms with Crippen molar-refractivity contribution in [2.24, 2.45) is 0 Å². The number of likely N-dealkylation sites (N-methyl/N-ethyl adjacent to an activating group) is 1. The van der Waals surface area contributed by atoms with Crippen LogP contribution in [0.4, 0.5) is 5.69 Å². The molecule has 5 heterocycles. The number of carbonyl (C=O) groups excluding carboxylic acids is 1. The number of piperazine rings is 1. The van der Waals surface area contributed by atoms with E-state index in [-0.39, 0.29) is 34.9 Å². The van der Waals surface area contributed by atoms with Gasteiger partial charge in [-0.2, -0.15) is 4.31 Å². The van der Waals surface area contributed by atoms with Crippen LogP contribution >= 0.6 is 22.9 Å². The number of nitrogens with zero attached hydrogens (tertiary/aromatic N) is 5. The molecule has 0 bridgehead atoms. The van der Waals surface area contributed by atoms with Gasteiger partial charge >= 0.3 is 0 Å². The molecule has 8 nitrogen and oxygen atoms in total. The molecule has 0 N–H and O–H groups in total. The molecule has 35 heavy (non-hydrogen) atoms. The zero-order valence-corrected chi connectivity index (χ0v) is 21.7. The lowest BCUT2D eigenvalue weighted by Gasteiger charge is -2.44. The minimum atomic E-state index is -3.80. The molecule has 1 unspecified atom stereocenters. The second-order valence-corrected chi connectivity index (χ2v) is 13.3. The quantitative estimate of drug-likeness (QED) is 0.517. The Labute approximate surface area is 213 Å². The first-order chi connectivity index (χ1) is 16.8. The number of pyridine rings is 1. The van der Waals surface area contributed by atoms with E-state index in [0.29, 0.717) is 11.6 Å². The molecule has 184 valence electrons. The van der Waals surface area contributed by atoms with Crippen LogP contribution in [0.15, 0.2) is 53.0 Å². The van der Waals surface area contributed by atoms with Gasteiger partial charge in [0.05, 0.1) is 12.7 Å². The van der Waals surface area contributed by atoms with Crippen molar-refractivity contribution < 1.29 is 13.2 Å². The Morgan fingerprint density at radius 1 is 1.11 bits per heavy atom. The summed E-state index contributed by atoms with van der Waals surface area (Å²) in [5, 5.41) is 1.40.